The number of imidazole rings is 1. The van der Waals surface area contributed by atoms with E-state index >= 15 is 4.39 Å². The number of nitrogens with zero attached hydrogens (tertiary/aromatic N) is 3. The van der Waals surface area contributed by atoms with Gasteiger partial charge in [-0.3, -0.25) is 14.3 Å². The van der Waals surface area contributed by atoms with Gasteiger partial charge in [-0.15, -0.1) is 0 Å². The molecule has 0 aliphatic carbocycles. The largest absolute Gasteiger partial charge is 0.358 e. The van der Waals surface area contributed by atoms with E-state index in [1.165, 1.54) is 18.6 Å². The number of hydrogen-bond acceptors (Lipinski definition) is 5. The molecule has 4 atom stereocenters. The van der Waals surface area contributed by atoms with Gasteiger partial charge in [0.1, 0.15) is 11.7 Å². The predicted octanol–water partition coefficient (Wildman–Crippen LogP) is 4.22. The quantitative estimate of drug-likeness (QED) is 0.299. The van der Waals surface area contributed by atoms with Gasteiger partial charge in [0.05, 0.1) is 19.0 Å². The topological polar surface area (TPSA) is 91.1 Å². The van der Waals surface area contributed by atoms with Gasteiger partial charge in [-0.25, -0.2) is 14.2 Å². The number of benzene rings is 3. The molecule has 202 valence electrons. The molecule has 0 unspecified atom stereocenters. The molecular weight excluding hydrogens is 511 g/mol. The molecule has 3 aromatic carbocycles. The maximum absolute atomic E-state index is 16.1. The van der Waals surface area contributed by atoms with Gasteiger partial charge in [-0.05, 0) is 16.7 Å². The van der Waals surface area contributed by atoms with Crippen molar-refractivity contribution in [3.63, 3.8) is 0 Å². The molecule has 6 rings (SSSR count). The zero-order valence-electron chi connectivity index (χ0n) is 21.4. The lowest BCUT2D eigenvalue weighted by molar-refractivity contribution is -0.0866. The summed E-state index contributed by atoms with van der Waals surface area (Å²) in [5.41, 5.74) is 0.336. The van der Waals surface area contributed by atoms with Crippen molar-refractivity contribution in [3.05, 3.63) is 160 Å². The van der Waals surface area contributed by atoms with Gasteiger partial charge in [-0.1, -0.05) is 91.0 Å². The standard InChI is InChI=1S/C31H27FN4O4/c32-27-28(35-19-17-33-21-35)25(40-29(27)36-18-16-26(37)34-30(36)38)20-39-31(22-10-4-1-5-11-22,23-12-6-2-7-13-23)24-14-8-3-9-15-24/h1-19,21,25,27-29H,20H2,(H,34,37,38)/t25-,27-,28-,29-/m1/s1. The highest BCUT2D eigenvalue weighted by Gasteiger charge is 2.49. The minimum absolute atomic E-state index is 0.0173. The van der Waals surface area contributed by atoms with Crippen LogP contribution in [-0.2, 0) is 15.1 Å². The fourth-order valence-corrected chi connectivity index (χ4v) is 5.47. The summed E-state index contributed by atoms with van der Waals surface area (Å²) < 4.78 is 32.0. The van der Waals surface area contributed by atoms with Crippen LogP contribution in [0.4, 0.5) is 4.39 Å². The van der Waals surface area contributed by atoms with Gasteiger partial charge < -0.3 is 14.0 Å². The van der Waals surface area contributed by atoms with Crippen molar-refractivity contribution in [1.29, 1.82) is 0 Å². The van der Waals surface area contributed by atoms with Gasteiger partial charge >= 0.3 is 5.69 Å². The molecule has 0 radical (unpaired) electrons. The summed E-state index contributed by atoms with van der Waals surface area (Å²) in [6, 6.07) is 29.9. The van der Waals surface area contributed by atoms with Crippen LogP contribution in [0.3, 0.4) is 0 Å². The van der Waals surface area contributed by atoms with Crippen LogP contribution < -0.4 is 11.2 Å². The lowest BCUT2D eigenvalue weighted by Gasteiger charge is -2.37. The number of alkyl halides is 1. The molecule has 2 aromatic heterocycles. The second kappa shape index (κ2) is 10.9. The van der Waals surface area contributed by atoms with E-state index in [1.54, 1.807) is 17.0 Å². The predicted molar refractivity (Wildman–Crippen MR) is 147 cm³/mol. The van der Waals surface area contributed by atoms with E-state index in [1.807, 2.05) is 91.0 Å². The molecule has 1 N–H and O–H groups in total. The Bertz CT molecular complexity index is 1560. The fourth-order valence-electron chi connectivity index (χ4n) is 5.47. The third-order valence-electron chi connectivity index (χ3n) is 7.29. The highest BCUT2D eigenvalue weighted by atomic mass is 19.1. The molecule has 0 spiro atoms. The van der Waals surface area contributed by atoms with Crippen molar-refractivity contribution in [2.45, 2.75) is 30.1 Å². The first-order chi connectivity index (χ1) is 19.6. The van der Waals surface area contributed by atoms with Gasteiger partial charge in [0.2, 0.25) is 0 Å². The monoisotopic (exact) mass is 538 g/mol. The van der Waals surface area contributed by atoms with E-state index in [9.17, 15) is 9.59 Å². The number of hydrogen-bond donors (Lipinski definition) is 1. The van der Waals surface area contributed by atoms with E-state index in [0.717, 1.165) is 21.3 Å². The minimum Gasteiger partial charge on any atom is -0.358 e. The Kier molecular flexibility index (Phi) is 6.98. The maximum atomic E-state index is 16.1. The molecule has 5 aromatic rings. The molecule has 0 bridgehead atoms. The average molecular weight is 539 g/mol. The van der Waals surface area contributed by atoms with Crippen LogP contribution in [0.25, 0.3) is 0 Å². The molecule has 1 aliphatic heterocycles. The van der Waals surface area contributed by atoms with E-state index in [0.29, 0.717) is 0 Å². The number of halogens is 1. The van der Waals surface area contributed by atoms with Crippen molar-refractivity contribution in [1.82, 2.24) is 19.1 Å². The Morgan fingerprint density at radius 2 is 1.43 bits per heavy atom. The van der Waals surface area contributed by atoms with Gasteiger partial charge in [0.15, 0.2) is 12.4 Å². The number of ether oxygens (including phenoxy) is 2. The molecule has 0 saturated carbocycles. The third-order valence-corrected chi connectivity index (χ3v) is 7.29. The lowest BCUT2D eigenvalue weighted by atomic mass is 9.80. The SMILES string of the molecule is O=c1ccn([C@@H]2O[C@H](COC(c3ccccc3)(c3ccccc3)c3ccccc3)[C@@H](n3ccnc3)[C@H]2F)c(=O)[nH]1. The molecule has 8 nitrogen and oxygen atoms in total. The van der Waals surface area contributed by atoms with Crippen LogP contribution in [0.1, 0.15) is 29.0 Å². The summed E-state index contributed by atoms with van der Waals surface area (Å²) in [5.74, 6) is 0. The number of rotatable bonds is 8. The van der Waals surface area contributed by atoms with Gasteiger partial charge in [-0.2, -0.15) is 0 Å². The zero-order chi connectivity index (χ0) is 27.5. The normalized spacial score (nSPS) is 20.9. The molecule has 9 heteroatoms. The molecule has 1 saturated heterocycles. The first-order valence-corrected chi connectivity index (χ1v) is 13.0. The van der Waals surface area contributed by atoms with Crippen LogP contribution in [0, 0.1) is 0 Å². The minimum atomic E-state index is -1.63. The number of aromatic nitrogens is 4. The van der Waals surface area contributed by atoms with E-state index in [-0.39, 0.29) is 6.61 Å². The van der Waals surface area contributed by atoms with E-state index in [4.69, 9.17) is 9.47 Å². The second-order valence-corrected chi connectivity index (χ2v) is 9.62. The molecule has 0 amide bonds. The highest BCUT2D eigenvalue weighted by molar-refractivity contribution is 5.47. The summed E-state index contributed by atoms with van der Waals surface area (Å²) in [7, 11) is 0. The molecule has 1 aliphatic rings. The number of H-pyrrole nitrogens is 1. The summed E-state index contributed by atoms with van der Waals surface area (Å²) in [5, 5.41) is 0. The number of aromatic amines is 1. The lowest BCUT2D eigenvalue weighted by Crippen LogP contribution is -2.38. The Labute approximate surface area is 229 Å². The summed E-state index contributed by atoms with van der Waals surface area (Å²) in [6.45, 7) is -0.0173. The third kappa shape index (κ3) is 4.59. The Balaban J connectivity index is 1.43. The van der Waals surface area contributed by atoms with Crippen molar-refractivity contribution in [3.8, 4) is 0 Å². The summed E-state index contributed by atoms with van der Waals surface area (Å²) in [6.07, 6.45) is 2.27. The van der Waals surface area contributed by atoms with Crippen LogP contribution in [-0.4, -0.2) is 38.0 Å². The van der Waals surface area contributed by atoms with Crippen LogP contribution in [0.15, 0.2) is 132 Å². The first-order valence-electron chi connectivity index (χ1n) is 13.0. The van der Waals surface area contributed by atoms with Crippen LogP contribution in [0.2, 0.25) is 0 Å². The van der Waals surface area contributed by atoms with E-state index < -0.39 is 41.4 Å². The van der Waals surface area contributed by atoms with Crippen molar-refractivity contribution < 1.29 is 13.9 Å². The highest BCUT2D eigenvalue weighted by Crippen LogP contribution is 2.44. The van der Waals surface area contributed by atoms with Gasteiger partial charge in [0.25, 0.3) is 5.56 Å². The van der Waals surface area contributed by atoms with E-state index in [2.05, 4.69) is 9.97 Å². The molecule has 1 fully saturated rings. The zero-order valence-corrected chi connectivity index (χ0v) is 21.4. The van der Waals surface area contributed by atoms with Crippen molar-refractivity contribution in [2.75, 3.05) is 6.61 Å². The molecular formula is C31H27FN4O4. The smallest absolute Gasteiger partial charge is 0.330 e. The van der Waals surface area contributed by atoms with Crippen molar-refractivity contribution >= 4 is 0 Å². The van der Waals surface area contributed by atoms with Crippen LogP contribution >= 0.6 is 0 Å². The molecule has 3 heterocycles. The molecule has 40 heavy (non-hydrogen) atoms. The first kappa shape index (κ1) is 25.7. The maximum Gasteiger partial charge on any atom is 0.330 e. The fraction of sp³-hybridized carbons (Fsp3) is 0.194. The Morgan fingerprint density at radius 1 is 0.850 bits per heavy atom. The second-order valence-electron chi connectivity index (χ2n) is 9.62. The average Bonchev–Trinajstić information content (AvgIpc) is 3.63. The number of nitrogens with one attached hydrogen (secondary N) is 1. The van der Waals surface area contributed by atoms with Crippen molar-refractivity contribution in [2.24, 2.45) is 0 Å². The Hall–Kier alpha value is -4.60. The summed E-state index contributed by atoms with van der Waals surface area (Å²) >= 11 is 0. The van der Waals surface area contributed by atoms with Crippen LogP contribution in [0.5, 0.6) is 0 Å². The van der Waals surface area contributed by atoms with Gasteiger partial charge in [0, 0.05) is 24.7 Å². The summed E-state index contributed by atoms with van der Waals surface area (Å²) in [4.78, 5) is 30.5. The Morgan fingerprint density at radius 3 is 1.93 bits per heavy atom.